The summed E-state index contributed by atoms with van der Waals surface area (Å²) in [4.78, 5) is 15.9. The summed E-state index contributed by atoms with van der Waals surface area (Å²) in [6.07, 6.45) is 0. The van der Waals surface area contributed by atoms with E-state index in [0.717, 1.165) is 38.4 Å². The van der Waals surface area contributed by atoms with E-state index in [9.17, 15) is 4.79 Å². The summed E-state index contributed by atoms with van der Waals surface area (Å²) in [5.41, 5.74) is 1.05. The molecule has 1 aromatic heterocycles. The number of hydrogen-bond acceptors (Lipinski definition) is 4. The molecule has 0 atom stereocenters. The Bertz CT molecular complexity index is 370. The van der Waals surface area contributed by atoms with Gasteiger partial charge in [-0.05, 0) is 12.6 Å². The first kappa shape index (κ1) is 11.4. The lowest BCUT2D eigenvalue weighted by Crippen LogP contribution is -2.46. The van der Waals surface area contributed by atoms with Crippen LogP contribution in [0.1, 0.15) is 16.6 Å². The van der Waals surface area contributed by atoms with Crippen LogP contribution < -0.4 is 4.90 Å². The Kier molecular flexibility index (Phi) is 3.46. The highest BCUT2D eigenvalue weighted by Crippen LogP contribution is 2.24. The molecular formula is C11H16N2O2S. The Labute approximate surface area is 99.1 Å². The molecule has 2 heterocycles. The fraction of sp³-hybridized carbons (Fsp3) is 0.545. The van der Waals surface area contributed by atoms with Crippen molar-refractivity contribution >= 4 is 23.0 Å². The second kappa shape index (κ2) is 4.84. The predicted octanol–water partition coefficient (Wildman–Crippen LogP) is 1.59. The van der Waals surface area contributed by atoms with Gasteiger partial charge in [-0.25, -0.2) is 4.79 Å². The van der Waals surface area contributed by atoms with Crippen LogP contribution in [0.2, 0.25) is 0 Å². The fourth-order valence-electron chi connectivity index (χ4n) is 1.93. The van der Waals surface area contributed by atoms with Gasteiger partial charge < -0.3 is 14.9 Å². The quantitative estimate of drug-likeness (QED) is 0.871. The van der Waals surface area contributed by atoms with Crippen molar-refractivity contribution in [2.24, 2.45) is 0 Å². The van der Waals surface area contributed by atoms with Crippen molar-refractivity contribution in [3.63, 3.8) is 0 Å². The largest absolute Gasteiger partial charge is 0.477 e. The first-order chi connectivity index (χ1) is 7.70. The molecule has 1 saturated heterocycles. The highest BCUT2D eigenvalue weighted by Gasteiger charge is 2.17. The monoisotopic (exact) mass is 240 g/mol. The molecule has 2 rings (SSSR count). The minimum Gasteiger partial charge on any atom is -0.477 e. The maximum Gasteiger partial charge on any atom is 0.345 e. The van der Waals surface area contributed by atoms with Gasteiger partial charge in [-0.15, -0.1) is 11.3 Å². The number of carboxylic acids is 1. The number of likely N-dealkylation sites (N-methyl/N-ethyl adjacent to an activating group) is 1. The normalized spacial score (nSPS) is 17.7. The predicted molar refractivity (Wildman–Crippen MR) is 65.6 cm³/mol. The summed E-state index contributed by atoms with van der Waals surface area (Å²) in [7, 11) is 0. The standard InChI is InChI=1S/C11H16N2O2S/c1-2-12-3-5-13(6-4-12)9-7-10(11(14)15)16-8-9/h7-8H,2-6H2,1H3,(H,14,15). The average Bonchev–Trinajstić information content (AvgIpc) is 2.78. The lowest BCUT2D eigenvalue weighted by atomic mass is 10.3. The molecule has 0 aliphatic carbocycles. The Morgan fingerprint density at radius 2 is 2.12 bits per heavy atom. The molecule has 1 aliphatic heterocycles. The van der Waals surface area contributed by atoms with Gasteiger partial charge in [0.15, 0.2) is 0 Å². The molecule has 0 amide bonds. The molecular weight excluding hydrogens is 224 g/mol. The van der Waals surface area contributed by atoms with Crippen LogP contribution in [0.15, 0.2) is 11.4 Å². The van der Waals surface area contributed by atoms with Gasteiger partial charge in [-0.3, -0.25) is 0 Å². The van der Waals surface area contributed by atoms with Crippen molar-refractivity contribution in [1.82, 2.24) is 4.90 Å². The fourth-order valence-corrected chi connectivity index (χ4v) is 2.68. The van der Waals surface area contributed by atoms with Crippen LogP contribution in [0.25, 0.3) is 0 Å². The minimum absolute atomic E-state index is 0.424. The van der Waals surface area contributed by atoms with Crippen LogP contribution >= 0.6 is 11.3 Å². The maximum atomic E-state index is 10.8. The molecule has 1 aliphatic rings. The van der Waals surface area contributed by atoms with E-state index in [1.54, 1.807) is 6.07 Å². The van der Waals surface area contributed by atoms with Crippen LogP contribution in [0.5, 0.6) is 0 Å². The van der Waals surface area contributed by atoms with Crippen LogP contribution in [-0.4, -0.2) is 48.7 Å². The third kappa shape index (κ3) is 2.36. The molecule has 1 N–H and O–H groups in total. The number of carbonyl (C=O) groups is 1. The summed E-state index contributed by atoms with van der Waals surface area (Å²) in [5, 5.41) is 10.8. The topological polar surface area (TPSA) is 43.8 Å². The van der Waals surface area contributed by atoms with Crippen LogP contribution in [0.3, 0.4) is 0 Å². The van der Waals surface area contributed by atoms with Crippen molar-refractivity contribution < 1.29 is 9.90 Å². The number of aromatic carboxylic acids is 1. The van der Waals surface area contributed by atoms with Gasteiger partial charge in [-0.1, -0.05) is 6.92 Å². The summed E-state index contributed by atoms with van der Waals surface area (Å²) in [6, 6.07) is 1.77. The molecule has 16 heavy (non-hydrogen) atoms. The van der Waals surface area contributed by atoms with Gasteiger partial charge in [0.1, 0.15) is 4.88 Å². The van der Waals surface area contributed by atoms with Crippen molar-refractivity contribution in [2.45, 2.75) is 6.92 Å². The molecule has 0 unspecified atom stereocenters. The molecule has 0 bridgehead atoms. The Morgan fingerprint density at radius 3 is 2.62 bits per heavy atom. The van der Waals surface area contributed by atoms with E-state index in [1.165, 1.54) is 11.3 Å². The van der Waals surface area contributed by atoms with E-state index in [2.05, 4.69) is 16.7 Å². The van der Waals surface area contributed by atoms with Gasteiger partial charge in [-0.2, -0.15) is 0 Å². The van der Waals surface area contributed by atoms with Gasteiger partial charge in [0.05, 0.1) is 0 Å². The summed E-state index contributed by atoms with van der Waals surface area (Å²) in [5.74, 6) is -0.830. The van der Waals surface area contributed by atoms with Crippen molar-refractivity contribution in [3.8, 4) is 0 Å². The molecule has 88 valence electrons. The zero-order valence-electron chi connectivity index (χ0n) is 9.35. The van der Waals surface area contributed by atoms with E-state index in [4.69, 9.17) is 5.11 Å². The second-order valence-electron chi connectivity index (χ2n) is 3.90. The number of rotatable bonds is 3. The molecule has 0 saturated carbocycles. The Morgan fingerprint density at radius 1 is 1.44 bits per heavy atom. The maximum absolute atomic E-state index is 10.8. The van der Waals surface area contributed by atoms with Crippen LogP contribution in [0.4, 0.5) is 5.69 Å². The van der Waals surface area contributed by atoms with E-state index in [1.807, 2.05) is 5.38 Å². The Hall–Kier alpha value is -1.07. The first-order valence-electron chi connectivity index (χ1n) is 5.50. The van der Waals surface area contributed by atoms with Gasteiger partial charge in [0.25, 0.3) is 0 Å². The summed E-state index contributed by atoms with van der Waals surface area (Å²) < 4.78 is 0. The van der Waals surface area contributed by atoms with Crippen molar-refractivity contribution in [2.75, 3.05) is 37.6 Å². The van der Waals surface area contributed by atoms with Gasteiger partial charge in [0.2, 0.25) is 0 Å². The SMILES string of the molecule is CCN1CCN(c2csc(C(=O)O)c2)CC1. The molecule has 4 nitrogen and oxygen atoms in total. The zero-order chi connectivity index (χ0) is 11.5. The van der Waals surface area contributed by atoms with Crippen molar-refractivity contribution in [1.29, 1.82) is 0 Å². The molecule has 1 aromatic rings. The lowest BCUT2D eigenvalue weighted by Gasteiger charge is -2.34. The Balaban J connectivity index is 2.00. The molecule has 0 spiro atoms. The molecule has 0 aromatic carbocycles. The number of thiophene rings is 1. The molecule has 5 heteroatoms. The number of anilines is 1. The highest BCUT2D eigenvalue weighted by atomic mass is 32.1. The highest BCUT2D eigenvalue weighted by molar-refractivity contribution is 7.12. The minimum atomic E-state index is -0.830. The average molecular weight is 240 g/mol. The first-order valence-corrected chi connectivity index (χ1v) is 6.38. The second-order valence-corrected chi connectivity index (χ2v) is 4.81. The number of carboxylic acid groups (broad SMARTS) is 1. The summed E-state index contributed by atoms with van der Waals surface area (Å²) >= 11 is 1.30. The van der Waals surface area contributed by atoms with E-state index >= 15 is 0 Å². The van der Waals surface area contributed by atoms with E-state index < -0.39 is 5.97 Å². The number of hydrogen-bond donors (Lipinski definition) is 1. The molecule has 1 fully saturated rings. The van der Waals surface area contributed by atoms with Gasteiger partial charge in [0, 0.05) is 37.2 Å². The van der Waals surface area contributed by atoms with Gasteiger partial charge >= 0.3 is 5.97 Å². The summed E-state index contributed by atoms with van der Waals surface area (Å²) in [6.45, 7) is 7.37. The van der Waals surface area contributed by atoms with Crippen LogP contribution in [-0.2, 0) is 0 Å². The number of piperazine rings is 1. The third-order valence-corrected chi connectivity index (χ3v) is 3.89. The smallest absolute Gasteiger partial charge is 0.345 e. The third-order valence-electron chi connectivity index (χ3n) is 2.98. The number of nitrogens with zero attached hydrogens (tertiary/aromatic N) is 2. The zero-order valence-corrected chi connectivity index (χ0v) is 10.2. The van der Waals surface area contributed by atoms with Crippen molar-refractivity contribution in [3.05, 3.63) is 16.3 Å². The molecule has 0 radical (unpaired) electrons. The van der Waals surface area contributed by atoms with E-state index in [-0.39, 0.29) is 0 Å². The van der Waals surface area contributed by atoms with E-state index in [0.29, 0.717) is 4.88 Å². The van der Waals surface area contributed by atoms with Crippen LogP contribution in [0, 0.1) is 0 Å². The lowest BCUT2D eigenvalue weighted by molar-refractivity contribution is 0.0702.